The predicted octanol–water partition coefficient (Wildman–Crippen LogP) is 1.10. The molecule has 0 aliphatic carbocycles. The van der Waals surface area contributed by atoms with Gasteiger partial charge in [-0.15, -0.1) is 0 Å². The molecule has 0 saturated carbocycles. The zero-order chi connectivity index (χ0) is 9.42. The lowest BCUT2D eigenvalue weighted by atomic mass is 10.1. The van der Waals surface area contributed by atoms with Gasteiger partial charge in [0.25, 0.3) is 0 Å². The number of aromatic nitrogens is 2. The van der Waals surface area contributed by atoms with E-state index in [1.165, 1.54) is 0 Å². The predicted molar refractivity (Wildman–Crippen MR) is 53.1 cm³/mol. The quantitative estimate of drug-likeness (QED) is 0.627. The van der Waals surface area contributed by atoms with E-state index in [9.17, 15) is 0 Å². The molecule has 0 unspecified atom stereocenters. The van der Waals surface area contributed by atoms with Gasteiger partial charge in [0.15, 0.2) is 0 Å². The SMILES string of the molecule is Cc1cccc2c(N)nc(N)nc12. The van der Waals surface area contributed by atoms with Crippen molar-refractivity contribution in [2.24, 2.45) is 0 Å². The maximum Gasteiger partial charge on any atom is 0.222 e. The van der Waals surface area contributed by atoms with Gasteiger partial charge in [0.05, 0.1) is 5.52 Å². The standard InChI is InChI=1S/C9H10N4/c1-5-3-2-4-6-7(5)12-9(11)13-8(6)10/h2-4H,1H3,(H4,10,11,12,13). The van der Waals surface area contributed by atoms with Crippen molar-refractivity contribution in [3.8, 4) is 0 Å². The summed E-state index contributed by atoms with van der Waals surface area (Å²) in [4.78, 5) is 8.01. The molecule has 1 heterocycles. The third-order valence-corrected chi connectivity index (χ3v) is 1.98. The number of aryl methyl sites for hydroxylation is 1. The molecule has 2 rings (SSSR count). The first-order valence-corrected chi connectivity index (χ1v) is 3.97. The van der Waals surface area contributed by atoms with Crippen molar-refractivity contribution < 1.29 is 0 Å². The van der Waals surface area contributed by atoms with Gasteiger partial charge < -0.3 is 11.5 Å². The molecule has 4 heteroatoms. The minimum atomic E-state index is 0.222. The Labute approximate surface area is 75.6 Å². The van der Waals surface area contributed by atoms with Crippen molar-refractivity contribution >= 4 is 22.7 Å². The summed E-state index contributed by atoms with van der Waals surface area (Å²) >= 11 is 0. The van der Waals surface area contributed by atoms with E-state index in [0.717, 1.165) is 16.5 Å². The molecular formula is C9H10N4. The van der Waals surface area contributed by atoms with Crippen molar-refractivity contribution in [2.45, 2.75) is 6.92 Å². The molecule has 0 atom stereocenters. The van der Waals surface area contributed by atoms with E-state index in [0.29, 0.717) is 5.82 Å². The van der Waals surface area contributed by atoms with Gasteiger partial charge in [0.2, 0.25) is 5.95 Å². The Kier molecular flexibility index (Phi) is 1.55. The van der Waals surface area contributed by atoms with Crippen molar-refractivity contribution in [3.05, 3.63) is 23.8 Å². The highest BCUT2D eigenvalue weighted by Gasteiger charge is 2.03. The van der Waals surface area contributed by atoms with Crippen LogP contribution in [0.15, 0.2) is 18.2 Å². The second kappa shape index (κ2) is 2.58. The highest BCUT2D eigenvalue weighted by molar-refractivity contribution is 5.90. The van der Waals surface area contributed by atoms with Crippen LogP contribution in [0.4, 0.5) is 11.8 Å². The van der Waals surface area contributed by atoms with Crippen LogP contribution in [0.5, 0.6) is 0 Å². The Bertz CT molecular complexity index is 464. The van der Waals surface area contributed by atoms with E-state index in [-0.39, 0.29) is 5.95 Å². The summed E-state index contributed by atoms with van der Waals surface area (Å²) in [5, 5.41) is 0.856. The fourth-order valence-electron chi connectivity index (χ4n) is 1.34. The van der Waals surface area contributed by atoms with Gasteiger partial charge in [0, 0.05) is 5.39 Å². The fraction of sp³-hybridized carbons (Fsp3) is 0.111. The lowest BCUT2D eigenvalue weighted by Gasteiger charge is -2.03. The lowest BCUT2D eigenvalue weighted by Crippen LogP contribution is -2.01. The number of nitrogens with two attached hydrogens (primary N) is 2. The maximum absolute atomic E-state index is 5.69. The van der Waals surface area contributed by atoms with Crippen LogP contribution >= 0.6 is 0 Å². The van der Waals surface area contributed by atoms with Gasteiger partial charge in [-0.05, 0) is 18.6 Å². The first-order chi connectivity index (χ1) is 6.18. The average molecular weight is 174 g/mol. The molecule has 0 spiro atoms. The highest BCUT2D eigenvalue weighted by Crippen LogP contribution is 2.20. The highest BCUT2D eigenvalue weighted by atomic mass is 15.0. The molecule has 1 aromatic carbocycles. The summed E-state index contributed by atoms with van der Waals surface area (Å²) in [6.45, 7) is 1.97. The molecule has 1 aromatic heterocycles. The van der Waals surface area contributed by atoms with Gasteiger partial charge in [-0.2, -0.15) is 4.98 Å². The number of nitrogens with zero attached hydrogens (tertiary/aromatic N) is 2. The number of fused-ring (bicyclic) bond motifs is 1. The number of hydrogen-bond acceptors (Lipinski definition) is 4. The van der Waals surface area contributed by atoms with Crippen LogP contribution in [0.1, 0.15) is 5.56 Å². The molecule has 66 valence electrons. The number of nitrogen functional groups attached to an aromatic ring is 2. The van der Waals surface area contributed by atoms with Crippen LogP contribution in [-0.2, 0) is 0 Å². The van der Waals surface area contributed by atoms with Gasteiger partial charge in [-0.1, -0.05) is 12.1 Å². The van der Waals surface area contributed by atoms with E-state index in [4.69, 9.17) is 11.5 Å². The van der Waals surface area contributed by atoms with E-state index in [1.54, 1.807) is 0 Å². The topological polar surface area (TPSA) is 77.8 Å². The Morgan fingerprint density at radius 3 is 2.69 bits per heavy atom. The smallest absolute Gasteiger partial charge is 0.222 e. The summed E-state index contributed by atoms with van der Waals surface area (Å²) in [6.07, 6.45) is 0. The summed E-state index contributed by atoms with van der Waals surface area (Å²) in [5.74, 6) is 0.658. The summed E-state index contributed by atoms with van der Waals surface area (Å²) in [6, 6.07) is 5.78. The van der Waals surface area contributed by atoms with Crippen LogP contribution in [0, 0.1) is 6.92 Å². The van der Waals surface area contributed by atoms with Crippen molar-refractivity contribution in [2.75, 3.05) is 11.5 Å². The van der Waals surface area contributed by atoms with E-state index in [1.807, 2.05) is 25.1 Å². The van der Waals surface area contributed by atoms with Crippen LogP contribution in [0.3, 0.4) is 0 Å². The Morgan fingerprint density at radius 2 is 1.92 bits per heavy atom. The zero-order valence-corrected chi connectivity index (χ0v) is 7.28. The summed E-state index contributed by atoms with van der Waals surface area (Å²) < 4.78 is 0. The van der Waals surface area contributed by atoms with E-state index >= 15 is 0 Å². The monoisotopic (exact) mass is 174 g/mol. The molecule has 0 radical (unpaired) electrons. The lowest BCUT2D eigenvalue weighted by molar-refractivity contribution is 1.23. The number of rotatable bonds is 0. The summed E-state index contributed by atoms with van der Waals surface area (Å²) in [7, 11) is 0. The minimum absolute atomic E-state index is 0.222. The molecule has 0 fully saturated rings. The van der Waals surface area contributed by atoms with Crippen LogP contribution in [-0.4, -0.2) is 9.97 Å². The number of benzene rings is 1. The molecule has 4 N–H and O–H groups in total. The molecule has 13 heavy (non-hydrogen) atoms. The minimum Gasteiger partial charge on any atom is -0.383 e. The Balaban J connectivity index is 2.94. The Morgan fingerprint density at radius 1 is 1.15 bits per heavy atom. The molecule has 0 aliphatic rings. The van der Waals surface area contributed by atoms with Crippen molar-refractivity contribution in [1.29, 1.82) is 0 Å². The fourth-order valence-corrected chi connectivity index (χ4v) is 1.34. The third-order valence-electron chi connectivity index (χ3n) is 1.98. The average Bonchev–Trinajstić information content (AvgIpc) is 2.07. The van der Waals surface area contributed by atoms with E-state index < -0.39 is 0 Å². The molecule has 0 bridgehead atoms. The van der Waals surface area contributed by atoms with Gasteiger partial charge in [0.1, 0.15) is 5.82 Å². The Hall–Kier alpha value is -1.84. The van der Waals surface area contributed by atoms with Crippen LogP contribution < -0.4 is 11.5 Å². The van der Waals surface area contributed by atoms with Crippen LogP contribution in [0.2, 0.25) is 0 Å². The van der Waals surface area contributed by atoms with Gasteiger partial charge >= 0.3 is 0 Å². The molecule has 0 saturated heterocycles. The second-order valence-electron chi connectivity index (χ2n) is 2.94. The normalized spacial score (nSPS) is 10.5. The third kappa shape index (κ3) is 1.16. The van der Waals surface area contributed by atoms with Crippen molar-refractivity contribution in [1.82, 2.24) is 9.97 Å². The second-order valence-corrected chi connectivity index (χ2v) is 2.94. The summed E-state index contributed by atoms with van der Waals surface area (Å²) in [5.41, 5.74) is 13.1. The molecular weight excluding hydrogens is 164 g/mol. The largest absolute Gasteiger partial charge is 0.383 e. The molecule has 0 amide bonds. The van der Waals surface area contributed by atoms with Gasteiger partial charge in [-0.25, -0.2) is 4.98 Å². The first-order valence-electron chi connectivity index (χ1n) is 3.97. The van der Waals surface area contributed by atoms with Gasteiger partial charge in [-0.3, -0.25) is 0 Å². The number of para-hydroxylation sites is 1. The first kappa shape index (κ1) is 7.79. The maximum atomic E-state index is 5.69. The van der Waals surface area contributed by atoms with Crippen LogP contribution in [0.25, 0.3) is 10.9 Å². The molecule has 0 aliphatic heterocycles. The number of hydrogen-bond donors (Lipinski definition) is 2. The molecule has 2 aromatic rings. The van der Waals surface area contributed by atoms with Crippen molar-refractivity contribution in [3.63, 3.8) is 0 Å². The number of anilines is 2. The van der Waals surface area contributed by atoms with E-state index in [2.05, 4.69) is 9.97 Å². The zero-order valence-electron chi connectivity index (χ0n) is 7.28. The molecule has 4 nitrogen and oxygen atoms in total.